The van der Waals surface area contributed by atoms with Crippen LogP contribution in [-0.2, 0) is 9.67 Å². The number of hydrogen-bond acceptors (Lipinski definition) is 5. The number of benzene rings is 1. The predicted octanol–water partition coefficient (Wildman–Crippen LogP) is 1.62. The van der Waals surface area contributed by atoms with E-state index in [0.717, 1.165) is 18.5 Å². The Hall–Kier alpha value is -1.53. The molecule has 5 nitrogen and oxygen atoms in total. The number of nitrogens with two attached hydrogens (primary N) is 1. The zero-order chi connectivity index (χ0) is 14.8. The monoisotopic (exact) mass is 292 g/mol. The minimum Gasteiger partial charge on any atom is -0.377 e. The van der Waals surface area contributed by atoms with Crippen LogP contribution in [0, 0.1) is 0 Å². The smallest absolute Gasteiger partial charge is 0.241 e. The highest BCUT2D eigenvalue weighted by Crippen LogP contribution is 2.47. The minimum atomic E-state index is -0.540. The lowest BCUT2D eigenvalue weighted by atomic mass is 10.0. The van der Waals surface area contributed by atoms with Crippen molar-refractivity contribution in [2.24, 2.45) is 10.8 Å². The van der Waals surface area contributed by atoms with Crippen molar-refractivity contribution in [3.05, 3.63) is 35.9 Å². The molecule has 1 heterocycles. The molecule has 0 radical (unpaired) electrons. The van der Waals surface area contributed by atoms with Crippen LogP contribution in [0.2, 0.25) is 0 Å². The number of hydrogen-bond donors (Lipinski definition) is 1. The SMILES string of the molecule is CC(=O)N1N=C(N)SC1(CCN(C)C)c1ccccc1. The summed E-state index contributed by atoms with van der Waals surface area (Å²) in [6.07, 6.45) is 0.762. The lowest BCUT2D eigenvalue weighted by molar-refractivity contribution is -0.132. The number of amides is 1. The summed E-state index contributed by atoms with van der Waals surface area (Å²) in [5.74, 6) is -0.0967. The van der Waals surface area contributed by atoms with E-state index in [2.05, 4.69) is 10.0 Å². The number of hydrazone groups is 1. The molecule has 0 aliphatic carbocycles. The Labute approximate surface area is 123 Å². The van der Waals surface area contributed by atoms with E-state index in [9.17, 15) is 4.79 Å². The number of nitrogens with zero attached hydrogens (tertiary/aromatic N) is 3. The largest absolute Gasteiger partial charge is 0.377 e. The van der Waals surface area contributed by atoms with Gasteiger partial charge in [-0.25, -0.2) is 5.01 Å². The normalized spacial score (nSPS) is 22.2. The van der Waals surface area contributed by atoms with Crippen molar-refractivity contribution in [2.45, 2.75) is 18.2 Å². The van der Waals surface area contributed by atoms with Crippen molar-refractivity contribution in [2.75, 3.05) is 20.6 Å². The zero-order valence-electron chi connectivity index (χ0n) is 12.0. The van der Waals surface area contributed by atoms with E-state index in [1.165, 1.54) is 23.7 Å². The summed E-state index contributed by atoms with van der Waals surface area (Å²) >= 11 is 1.45. The van der Waals surface area contributed by atoms with Crippen LogP contribution in [-0.4, -0.2) is 41.6 Å². The van der Waals surface area contributed by atoms with Crippen LogP contribution in [0.4, 0.5) is 0 Å². The molecule has 1 amide bonds. The molecule has 20 heavy (non-hydrogen) atoms. The summed E-state index contributed by atoms with van der Waals surface area (Å²) in [7, 11) is 4.03. The molecular weight excluding hydrogens is 272 g/mol. The molecule has 1 aliphatic heterocycles. The van der Waals surface area contributed by atoms with Gasteiger partial charge in [-0.05, 0) is 26.1 Å². The highest BCUT2D eigenvalue weighted by atomic mass is 32.2. The average molecular weight is 292 g/mol. The molecule has 0 aromatic heterocycles. The summed E-state index contributed by atoms with van der Waals surface area (Å²) in [6.45, 7) is 2.37. The molecule has 1 aromatic rings. The van der Waals surface area contributed by atoms with Gasteiger partial charge in [-0.15, -0.1) is 5.10 Å². The van der Waals surface area contributed by atoms with Crippen molar-refractivity contribution in [3.8, 4) is 0 Å². The molecule has 1 aliphatic rings. The first kappa shape index (κ1) is 14.9. The van der Waals surface area contributed by atoms with Gasteiger partial charge in [0.05, 0.1) is 0 Å². The Kier molecular flexibility index (Phi) is 4.35. The summed E-state index contributed by atoms with van der Waals surface area (Å²) < 4.78 is 0. The van der Waals surface area contributed by atoms with E-state index in [0.29, 0.717) is 5.17 Å². The third kappa shape index (κ3) is 2.81. The van der Waals surface area contributed by atoms with E-state index in [1.807, 2.05) is 44.4 Å². The predicted molar refractivity (Wildman–Crippen MR) is 83.0 cm³/mol. The summed E-state index contributed by atoms with van der Waals surface area (Å²) in [6, 6.07) is 9.95. The fourth-order valence-corrected chi connectivity index (χ4v) is 3.47. The van der Waals surface area contributed by atoms with Gasteiger partial charge in [-0.1, -0.05) is 42.1 Å². The Morgan fingerprint density at radius 1 is 1.40 bits per heavy atom. The summed E-state index contributed by atoms with van der Waals surface area (Å²) in [5.41, 5.74) is 6.94. The fourth-order valence-electron chi connectivity index (χ4n) is 2.30. The molecule has 1 aromatic carbocycles. The van der Waals surface area contributed by atoms with Gasteiger partial charge in [0.1, 0.15) is 4.87 Å². The van der Waals surface area contributed by atoms with Crippen LogP contribution in [0.15, 0.2) is 35.4 Å². The van der Waals surface area contributed by atoms with Crippen molar-refractivity contribution in [3.63, 3.8) is 0 Å². The lowest BCUT2D eigenvalue weighted by Gasteiger charge is -2.35. The number of thioether (sulfide) groups is 1. The molecule has 0 fully saturated rings. The Bertz CT molecular complexity index is 517. The molecule has 0 spiro atoms. The Morgan fingerprint density at radius 2 is 2.05 bits per heavy atom. The van der Waals surface area contributed by atoms with Crippen LogP contribution in [0.5, 0.6) is 0 Å². The van der Waals surface area contributed by atoms with Crippen LogP contribution in [0.3, 0.4) is 0 Å². The molecule has 0 saturated heterocycles. The summed E-state index contributed by atoms with van der Waals surface area (Å²) in [4.78, 5) is 13.5. The van der Waals surface area contributed by atoms with Crippen molar-refractivity contribution < 1.29 is 4.79 Å². The quantitative estimate of drug-likeness (QED) is 0.916. The van der Waals surface area contributed by atoms with Gasteiger partial charge in [0, 0.05) is 13.5 Å². The van der Waals surface area contributed by atoms with Crippen LogP contribution < -0.4 is 5.73 Å². The van der Waals surface area contributed by atoms with E-state index in [4.69, 9.17) is 5.73 Å². The number of amidine groups is 1. The van der Waals surface area contributed by atoms with Gasteiger partial charge in [-0.3, -0.25) is 4.79 Å². The van der Waals surface area contributed by atoms with E-state index >= 15 is 0 Å². The third-order valence-corrected chi connectivity index (χ3v) is 4.48. The lowest BCUT2D eigenvalue weighted by Crippen LogP contribution is -2.42. The molecule has 2 rings (SSSR count). The van der Waals surface area contributed by atoms with Gasteiger partial charge >= 0.3 is 0 Å². The van der Waals surface area contributed by atoms with E-state index in [-0.39, 0.29) is 5.91 Å². The highest BCUT2D eigenvalue weighted by molar-refractivity contribution is 8.14. The van der Waals surface area contributed by atoms with Crippen molar-refractivity contribution in [1.82, 2.24) is 9.91 Å². The molecule has 1 unspecified atom stereocenters. The topological polar surface area (TPSA) is 61.9 Å². The zero-order valence-corrected chi connectivity index (χ0v) is 12.9. The van der Waals surface area contributed by atoms with Gasteiger partial charge in [-0.2, -0.15) is 0 Å². The second-order valence-corrected chi connectivity index (χ2v) is 6.37. The molecule has 6 heteroatoms. The fraction of sp³-hybridized carbons (Fsp3) is 0.429. The Balaban J connectivity index is 2.42. The number of rotatable bonds is 4. The first-order valence-corrected chi connectivity index (χ1v) is 7.31. The number of carbonyl (C=O) groups is 1. The number of carbonyl (C=O) groups excluding carboxylic acids is 1. The molecule has 2 N–H and O–H groups in total. The maximum Gasteiger partial charge on any atom is 0.241 e. The van der Waals surface area contributed by atoms with Gasteiger partial charge in [0.25, 0.3) is 0 Å². The maximum absolute atomic E-state index is 12.0. The second kappa shape index (κ2) is 5.85. The molecule has 0 bridgehead atoms. The third-order valence-electron chi connectivity index (χ3n) is 3.24. The van der Waals surface area contributed by atoms with Gasteiger partial charge in [0.15, 0.2) is 5.17 Å². The van der Waals surface area contributed by atoms with Crippen LogP contribution >= 0.6 is 11.8 Å². The minimum absolute atomic E-state index is 0.0967. The molecular formula is C14H20N4OS. The summed E-state index contributed by atoms with van der Waals surface area (Å²) in [5, 5.41) is 6.17. The van der Waals surface area contributed by atoms with E-state index < -0.39 is 4.87 Å². The van der Waals surface area contributed by atoms with Gasteiger partial charge in [0.2, 0.25) is 5.91 Å². The standard InChI is InChI=1S/C14H20N4OS/c1-11(19)18-14(9-10-17(2)3,20-13(15)16-18)12-7-5-4-6-8-12/h4-8H,9-10H2,1-3H3,(H2,15,16). The van der Waals surface area contributed by atoms with Crippen LogP contribution in [0.1, 0.15) is 18.9 Å². The van der Waals surface area contributed by atoms with Crippen molar-refractivity contribution in [1.29, 1.82) is 0 Å². The molecule has 0 saturated carbocycles. The first-order chi connectivity index (χ1) is 9.45. The van der Waals surface area contributed by atoms with Crippen LogP contribution in [0.25, 0.3) is 0 Å². The second-order valence-electron chi connectivity index (χ2n) is 5.07. The van der Waals surface area contributed by atoms with Gasteiger partial charge < -0.3 is 10.6 Å². The van der Waals surface area contributed by atoms with E-state index in [1.54, 1.807) is 0 Å². The molecule has 1 atom stereocenters. The van der Waals surface area contributed by atoms with Crippen molar-refractivity contribution >= 4 is 22.8 Å². The average Bonchev–Trinajstić information content (AvgIpc) is 2.76. The molecule has 108 valence electrons. The maximum atomic E-state index is 12.0. The Morgan fingerprint density at radius 3 is 2.60 bits per heavy atom. The highest BCUT2D eigenvalue weighted by Gasteiger charge is 2.46. The first-order valence-electron chi connectivity index (χ1n) is 6.50.